The topological polar surface area (TPSA) is 74.4 Å². The molecule has 1 aromatic carbocycles. The number of benzene rings is 1. The normalized spacial score (nSPS) is 10.2. The maximum Gasteiger partial charge on any atom is 0.356 e. The van der Waals surface area contributed by atoms with Crippen LogP contribution >= 0.6 is 15.9 Å². The van der Waals surface area contributed by atoms with Crippen LogP contribution in [-0.4, -0.2) is 18.1 Å². The van der Waals surface area contributed by atoms with Gasteiger partial charge in [0, 0.05) is 4.47 Å². The summed E-state index contributed by atoms with van der Waals surface area (Å²) in [5.74, 6) is 0.246. The number of nitrogens with two attached hydrogens (primary N) is 1. The summed E-state index contributed by atoms with van der Waals surface area (Å²) in [7, 11) is 1.29. The molecule has 104 valence electrons. The first-order valence-electron chi connectivity index (χ1n) is 5.80. The van der Waals surface area contributed by atoms with Crippen molar-refractivity contribution in [1.29, 1.82) is 0 Å². The van der Waals surface area contributed by atoms with E-state index in [1.54, 1.807) is 12.1 Å². The highest BCUT2D eigenvalue weighted by Gasteiger charge is 2.13. The molecule has 20 heavy (non-hydrogen) atoms. The zero-order valence-corrected chi connectivity index (χ0v) is 12.6. The number of hydrogen-bond donors (Lipinski definition) is 1. The minimum Gasteiger partial charge on any atom is -0.464 e. The van der Waals surface area contributed by atoms with Gasteiger partial charge in [0.2, 0.25) is 5.88 Å². The summed E-state index contributed by atoms with van der Waals surface area (Å²) < 4.78 is 11.2. The third kappa shape index (κ3) is 3.08. The van der Waals surface area contributed by atoms with Crippen LogP contribution in [0.1, 0.15) is 16.1 Å². The quantitative estimate of drug-likeness (QED) is 0.870. The van der Waals surface area contributed by atoms with Crippen molar-refractivity contribution < 1.29 is 14.3 Å². The fourth-order valence-electron chi connectivity index (χ4n) is 1.54. The van der Waals surface area contributed by atoms with Gasteiger partial charge in [0.1, 0.15) is 5.75 Å². The van der Waals surface area contributed by atoms with Crippen LogP contribution in [0.25, 0.3) is 0 Å². The summed E-state index contributed by atoms with van der Waals surface area (Å²) >= 11 is 3.37. The molecule has 2 aromatic rings. The Bertz CT molecular complexity index is 659. The smallest absolute Gasteiger partial charge is 0.356 e. The monoisotopic (exact) mass is 336 g/mol. The number of esters is 1. The second-order valence-corrected chi connectivity index (χ2v) is 5.01. The van der Waals surface area contributed by atoms with Crippen LogP contribution < -0.4 is 10.5 Å². The molecule has 0 radical (unpaired) electrons. The number of aryl methyl sites for hydroxylation is 1. The van der Waals surface area contributed by atoms with Crippen molar-refractivity contribution in [3.05, 3.63) is 46.1 Å². The van der Waals surface area contributed by atoms with Crippen LogP contribution in [0.15, 0.2) is 34.8 Å². The van der Waals surface area contributed by atoms with E-state index >= 15 is 0 Å². The summed E-state index contributed by atoms with van der Waals surface area (Å²) in [6.07, 6.45) is 0. The van der Waals surface area contributed by atoms with E-state index in [0.717, 1.165) is 10.0 Å². The maximum absolute atomic E-state index is 11.5. The number of anilines is 1. The number of pyridine rings is 1. The van der Waals surface area contributed by atoms with Gasteiger partial charge in [-0.15, -0.1) is 0 Å². The predicted octanol–water partition coefficient (Wildman–Crippen LogP) is 3.31. The summed E-state index contributed by atoms with van der Waals surface area (Å²) in [6.45, 7) is 1.90. The summed E-state index contributed by atoms with van der Waals surface area (Å²) in [4.78, 5) is 15.5. The Morgan fingerprint density at radius 3 is 2.75 bits per heavy atom. The van der Waals surface area contributed by atoms with Gasteiger partial charge in [0.15, 0.2) is 5.69 Å². The third-order valence-electron chi connectivity index (χ3n) is 2.64. The van der Waals surface area contributed by atoms with Crippen LogP contribution in [0, 0.1) is 6.92 Å². The third-order valence-corrected chi connectivity index (χ3v) is 3.13. The predicted molar refractivity (Wildman–Crippen MR) is 78.9 cm³/mol. The Morgan fingerprint density at radius 2 is 2.05 bits per heavy atom. The fraction of sp³-hybridized carbons (Fsp3) is 0.143. The Morgan fingerprint density at radius 1 is 1.30 bits per heavy atom. The first kappa shape index (κ1) is 14.3. The average molecular weight is 337 g/mol. The molecule has 6 heteroatoms. The van der Waals surface area contributed by atoms with Gasteiger partial charge in [-0.2, -0.15) is 0 Å². The first-order valence-corrected chi connectivity index (χ1v) is 6.59. The number of carbonyl (C=O) groups excluding carboxylic acids is 1. The zero-order valence-electron chi connectivity index (χ0n) is 11.0. The van der Waals surface area contributed by atoms with Crippen molar-refractivity contribution in [2.75, 3.05) is 12.8 Å². The molecule has 0 aliphatic heterocycles. The number of rotatable bonds is 3. The Labute approximate surface area is 124 Å². The zero-order chi connectivity index (χ0) is 14.7. The molecule has 0 bridgehead atoms. The van der Waals surface area contributed by atoms with Crippen molar-refractivity contribution in [3.8, 4) is 11.6 Å². The molecule has 2 N–H and O–H groups in total. The van der Waals surface area contributed by atoms with Crippen molar-refractivity contribution in [1.82, 2.24) is 4.98 Å². The average Bonchev–Trinajstić information content (AvgIpc) is 2.44. The highest BCUT2D eigenvalue weighted by Crippen LogP contribution is 2.30. The Kier molecular flexibility index (Phi) is 4.24. The molecule has 0 atom stereocenters. The minimum absolute atomic E-state index is 0.143. The highest BCUT2D eigenvalue weighted by atomic mass is 79.9. The highest BCUT2D eigenvalue weighted by molar-refractivity contribution is 9.10. The molecule has 0 spiro atoms. The van der Waals surface area contributed by atoms with Crippen LogP contribution in [0.3, 0.4) is 0 Å². The number of halogens is 1. The van der Waals surface area contributed by atoms with Crippen LogP contribution in [0.5, 0.6) is 11.6 Å². The second-order valence-electron chi connectivity index (χ2n) is 4.09. The van der Waals surface area contributed by atoms with Gasteiger partial charge in [-0.3, -0.25) is 0 Å². The van der Waals surface area contributed by atoms with Crippen LogP contribution in [0.4, 0.5) is 5.69 Å². The lowest BCUT2D eigenvalue weighted by Crippen LogP contribution is -2.06. The van der Waals surface area contributed by atoms with Gasteiger partial charge < -0.3 is 15.2 Å². The molecule has 0 amide bonds. The molecular weight excluding hydrogens is 324 g/mol. The number of nitrogen functional groups attached to an aromatic ring is 1. The number of carbonyl (C=O) groups is 1. The lowest BCUT2D eigenvalue weighted by atomic mass is 10.2. The molecule has 2 rings (SSSR count). The van der Waals surface area contributed by atoms with Gasteiger partial charge in [-0.05, 0) is 36.8 Å². The molecule has 1 aromatic heterocycles. The van der Waals surface area contributed by atoms with E-state index in [-0.39, 0.29) is 11.6 Å². The van der Waals surface area contributed by atoms with Crippen LogP contribution in [0.2, 0.25) is 0 Å². The van der Waals surface area contributed by atoms with Gasteiger partial charge in [0.05, 0.1) is 12.8 Å². The molecule has 0 fully saturated rings. The molecule has 1 heterocycles. The molecule has 0 aliphatic rings. The maximum atomic E-state index is 11.5. The molecule has 0 unspecified atom stereocenters. The summed E-state index contributed by atoms with van der Waals surface area (Å²) in [5.41, 5.74) is 7.23. The van der Waals surface area contributed by atoms with Gasteiger partial charge in [-0.1, -0.05) is 22.0 Å². The standard InChI is InChI=1S/C14H13BrN2O3/c1-8-3-4-9(15)7-12(8)20-13-10(16)5-6-11(17-13)14(18)19-2/h3-7H,16H2,1-2H3. The van der Waals surface area contributed by atoms with E-state index in [2.05, 4.69) is 25.7 Å². The van der Waals surface area contributed by atoms with Gasteiger partial charge >= 0.3 is 5.97 Å². The fourth-order valence-corrected chi connectivity index (χ4v) is 1.88. The first-order chi connectivity index (χ1) is 9.51. The lowest BCUT2D eigenvalue weighted by Gasteiger charge is -2.11. The van der Waals surface area contributed by atoms with E-state index in [1.165, 1.54) is 13.2 Å². The largest absolute Gasteiger partial charge is 0.464 e. The Balaban J connectivity index is 2.37. The Hall–Kier alpha value is -2.08. The van der Waals surface area contributed by atoms with Crippen molar-refractivity contribution in [2.24, 2.45) is 0 Å². The summed E-state index contributed by atoms with van der Waals surface area (Å²) in [6, 6.07) is 8.66. The van der Waals surface area contributed by atoms with E-state index < -0.39 is 5.97 Å². The molecule has 0 saturated heterocycles. The van der Waals surface area contributed by atoms with E-state index in [4.69, 9.17) is 10.5 Å². The molecular formula is C14H13BrN2O3. The van der Waals surface area contributed by atoms with Crippen molar-refractivity contribution in [3.63, 3.8) is 0 Å². The minimum atomic E-state index is -0.541. The number of nitrogens with zero attached hydrogens (tertiary/aromatic N) is 1. The molecule has 0 saturated carbocycles. The van der Waals surface area contributed by atoms with E-state index in [1.807, 2.05) is 19.1 Å². The number of aromatic nitrogens is 1. The number of ether oxygens (including phenoxy) is 2. The lowest BCUT2D eigenvalue weighted by molar-refractivity contribution is 0.0593. The van der Waals surface area contributed by atoms with Gasteiger partial charge in [0.25, 0.3) is 0 Å². The van der Waals surface area contributed by atoms with Gasteiger partial charge in [-0.25, -0.2) is 9.78 Å². The van der Waals surface area contributed by atoms with Crippen molar-refractivity contribution in [2.45, 2.75) is 6.92 Å². The number of methoxy groups -OCH3 is 1. The number of hydrogen-bond acceptors (Lipinski definition) is 5. The van der Waals surface area contributed by atoms with Crippen LogP contribution in [-0.2, 0) is 4.74 Å². The van der Waals surface area contributed by atoms with E-state index in [0.29, 0.717) is 11.4 Å². The SMILES string of the molecule is COC(=O)c1ccc(N)c(Oc2cc(Br)ccc2C)n1. The molecule has 5 nitrogen and oxygen atoms in total. The van der Waals surface area contributed by atoms with E-state index in [9.17, 15) is 4.79 Å². The molecule has 0 aliphatic carbocycles. The summed E-state index contributed by atoms with van der Waals surface area (Å²) in [5, 5.41) is 0. The second kappa shape index (κ2) is 5.92. The van der Waals surface area contributed by atoms with Crippen molar-refractivity contribution >= 4 is 27.6 Å².